The third-order valence-corrected chi connectivity index (χ3v) is 4.50. The van der Waals surface area contributed by atoms with Crippen molar-refractivity contribution in [2.24, 2.45) is 0 Å². The summed E-state index contributed by atoms with van der Waals surface area (Å²) < 4.78 is 0. The number of aromatic nitrogens is 2. The van der Waals surface area contributed by atoms with Crippen LogP contribution >= 0.6 is 0 Å². The normalized spacial score (nSPS) is 19.0. The van der Waals surface area contributed by atoms with Crippen LogP contribution in [-0.4, -0.2) is 22.1 Å². The fourth-order valence-electron chi connectivity index (χ4n) is 2.98. The van der Waals surface area contributed by atoms with E-state index in [0.29, 0.717) is 11.6 Å². The smallest absolute Gasteiger partial charge is 0.269 e. The van der Waals surface area contributed by atoms with Gasteiger partial charge in [0.15, 0.2) is 0 Å². The van der Waals surface area contributed by atoms with Crippen molar-refractivity contribution in [3.8, 4) is 11.3 Å². The highest BCUT2D eigenvalue weighted by molar-refractivity contribution is 5.93. The molecule has 0 spiro atoms. The van der Waals surface area contributed by atoms with E-state index < -0.39 is 0 Å². The van der Waals surface area contributed by atoms with E-state index >= 15 is 0 Å². The number of H-pyrrole nitrogens is 1. The predicted molar refractivity (Wildman–Crippen MR) is 93.8 cm³/mol. The van der Waals surface area contributed by atoms with Crippen molar-refractivity contribution in [2.75, 3.05) is 0 Å². The molecule has 1 aliphatic rings. The molecule has 0 bridgehead atoms. The Balaban J connectivity index is 1.42. The summed E-state index contributed by atoms with van der Waals surface area (Å²) in [4.78, 5) is 12.4. The van der Waals surface area contributed by atoms with Crippen LogP contribution in [0, 0.1) is 6.92 Å². The molecule has 1 saturated carbocycles. The van der Waals surface area contributed by atoms with Gasteiger partial charge in [-0.1, -0.05) is 60.2 Å². The molecule has 2 N–H and O–H groups in total. The number of aromatic amines is 1. The number of rotatable bonds is 4. The van der Waals surface area contributed by atoms with Crippen LogP contribution < -0.4 is 5.32 Å². The van der Waals surface area contributed by atoms with Crippen molar-refractivity contribution in [3.63, 3.8) is 0 Å². The van der Waals surface area contributed by atoms with Gasteiger partial charge in [-0.25, -0.2) is 0 Å². The first-order valence-corrected chi connectivity index (χ1v) is 8.19. The van der Waals surface area contributed by atoms with E-state index in [4.69, 9.17) is 0 Å². The highest BCUT2D eigenvalue weighted by Gasteiger charge is 2.39. The van der Waals surface area contributed by atoms with Crippen molar-refractivity contribution in [2.45, 2.75) is 25.3 Å². The third kappa shape index (κ3) is 2.95. The van der Waals surface area contributed by atoms with Gasteiger partial charge in [0.05, 0.1) is 5.69 Å². The van der Waals surface area contributed by atoms with Crippen LogP contribution in [0.2, 0.25) is 0 Å². The molecule has 1 aliphatic carbocycles. The zero-order chi connectivity index (χ0) is 16.5. The summed E-state index contributed by atoms with van der Waals surface area (Å²) in [5.41, 5.74) is 4.78. The molecular weight excluding hydrogens is 298 g/mol. The zero-order valence-corrected chi connectivity index (χ0v) is 13.5. The fraction of sp³-hybridized carbons (Fsp3) is 0.200. The summed E-state index contributed by atoms with van der Waals surface area (Å²) >= 11 is 0. The van der Waals surface area contributed by atoms with Crippen LogP contribution in [0.15, 0.2) is 60.7 Å². The first kappa shape index (κ1) is 14.7. The lowest BCUT2D eigenvalue weighted by Crippen LogP contribution is -2.26. The molecule has 1 amide bonds. The highest BCUT2D eigenvalue weighted by Crippen LogP contribution is 2.40. The van der Waals surface area contributed by atoms with E-state index in [1.807, 2.05) is 49.4 Å². The molecule has 1 heterocycles. The van der Waals surface area contributed by atoms with Gasteiger partial charge in [-0.15, -0.1) is 0 Å². The van der Waals surface area contributed by atoms with E-state index in [2.05, 4.69) is 27.6 Å². The maximum Gasteiger partial charge on any atom is 0.269 e. The van der Waals surface area contributed by atoms with Crippen molar-refractivity contribution < 1.29 is 4.79 Å². The van der Waals surface area contributed by atoms with Gasteiger partial charge in [0.25, 0.3) is 5.91 Å². The lowest BCUT2D eigenvalue weighted by molar-refractivity contribution is 0.0945. The summed E-state index contributed by atoms with van der Waals surface area (Å²) in [5.74, 6) is 0.332. The van der Waals surface area contributed by atoms with Crippen LogP contribution in [-0.2, 0) is 0 Å². The van der Waals surface area contributed by atoms with Gasteiger partial charge in [0.1, 0.15) is 5.69 Å². The molecule has 4 heteroatoms. The number of aryl methyl sites for hydroxylation is 1. The molecule has 120 valence electrons. The molecule has 4 rings (SSSR count). The van der Waals surface area contributed by atoms with Gasteiger partial charge >= 0.3 is 0 Å². The lowest BCUT2D eigenvalue weighted by atomic mass is 10.1. The molecule has 2 atom stereocenters. The first-order chi connectivity index (χ1) is 11.7. The Morgan fingerprint density at radius 3 is 2.62 bits per heavy atom. The molecular formula is C20H19N3O. The van der Waals surface area contributed by atoms with Crippen molar-refractivity contribution >= 4 is 5.91 Å². The second kappa shape index (κ2) is 5.96. The minimum Gasteiger partial charge on any atom is -0.347 e. The largest absolute Gasteiger partial charge is 0.347 e. The first-order valence-electron chi connectivity index (χ1n) is 8.19. The second-order valence-electron chi connectivity index (χ2n) is 6.37. The number of carbonyl (C=O) groups is 1. The molecule has 2 aromatic carbocycles. The van der Waals surface area contributed by atoms with Crippen LogP contribution in [0.5, 0.6) is 0 Å². The summed E-state index contributed by atoms with van der Waals surface area (Å²) in [5, 5.41) is 10.2. The Morgan fingerprint density at radius 1 is 1.12 bits per heavy atom. The van der Waals surface area contributed by atoms with Gasteiger partial charge < -0.3 is 5.32 Å². The molecule has 0 radical (unpaired) electrons. The van der Waals surface area contributed by atoms with Crippen LogP contribution in [0.3, 0.4) is 0 Å². The molecule has 0 unspecified atom stereocenters. The van der Waals surface area contributed by atoms with Gasteiger partial charge in [0.2, 0.25) is 0 Å². The summed E-state index contributed by atoms with van der Waals surface area (Å²) in [6, 6.07) is 20.4. The molecule has 0 aliphatic heterocycles. The monoisotopic (exact) mass is 317 g/mol. The third-order valence-electron chi connectivity index (χ3n) is 4.50. The number of hydrogen-bond donors (Lipinski definition) is 2. The SMILES string of the molecule is Cc1ccc(-c2cc(C(=O)N[C@@H]3C[C@H]3c3ccccc3)[nH]n2)cc1. The summed E-state index contributed by atoms with van der Waals surface area (Å²) in [6.45, 7) is 2.05. The number of nitrogens with one attached hydrogen (secondary N) is 2. The van der Waals surface area contributed by atoms with Crippen molar-refractivity contribution in [1.29, 1.82) is 0 Å². The number of nitrogens with zero attached hydrogens (tertiary/aromatic N) is 1. The van der Waals surface area contributed by atoms with E-state index in [9.17, 15) is 4.79 Å². The summed E-state index contributed by atoms with van der Waals surface area (Å²) in [6.07, 6.45) is 0.995. The Bertz CT molecular complexity index is 852. The number of amides is 1. The Hall–Kier alpha value is -2.88. The second-order valence-corrected chi connectivity index (χ2v) is 6.37. The minimum absolute atomic E-state index is 0.0932. The molecule has 24 heavy (non-hydrogen) atoms. The van der Waals surface area contributed by atoms with Crippen molar-refractivity contribution in [1.82, 2.24) is 15.5 Å². The van der Waals surface area contributed by atoms with Gasteiger partial charge in [0, 0.05) is 17.5 Å². The molecule has 3 aromatic rings. The van der Waals surface area contributed by atoms with E-state index in [1.54, 1.807) is 6.07 Å². The molecule has 1 fully saturated rings. The average Bonchev–Trinajstić information content (AvgIpc) is 3.19. The standard InChI is InChI=1S/C20H19N3O/c1-13-7-9-15(10-8-13)17-12-19(23-22-17)20(24)21-18-11-16(18)14-5-3-2-4-6-14/h2-10,12,16,18H,11H2,1H3,(H,21,24)(H,22,23)/t16-,18+/m0/s1. The Labute approximate surface area is 140 Å². The van der Waals surface area contributed by atoms with Crippen molar-refractivity contribution in [3.05, 3.63) is 77.5 Å². The van der Waals surface area contributed by atoms with E-state index in [-0.39, 0.29) is 11.9 Å². The predicted octanol–water partition coefficient (Wildman–Crippen LogP) is 3.67. The lowest BCUT2D eigenvalue weighted by Gasteiger charge is -2.03. The van der Waals surface area contributed by atoms with Gasteiger partial charge in [-0.2, -0.15) is 5.10 Å². The molecule has 1 aromatic heterocycles. The number of hydrogen-bond acceptors (Lipinski definition) is 2. The molecule has 4 nitrogen and oxygen atoms in total. The van der Waals surface area contributed by atoms with E-state index in [0.717, 1.165) is 17.7 Å². The Morgan fingerprint density at radius 2 is 1.88 bits per heavy atom. The number of benzene rings is 2. The quantitative estimate of drug-likeness (QED) is 0.771. The van der Waals surface area contributed by atoms with Gasteiger partial charge in [-0.3, -0.25) is 9.89 Å². The van der Waals surface area contributed by atoms with Crippen LogP contribution in [0.25, 0.3) is 11.3 Å². The maximum absolute atomic E-state index is 12.4. The highest BCUT2D eigenvalue weighted by atomic mass is 16.2. The topological polar surface area (TPSA) is 57.8 Å². The minimum atomic E-state index is -0.0932. The fourth-order valence-corrected chi connectivity index (χ4v) is 2.98. The van der Waals surface area contributed by atoms with Crippen LogP contribution in [0.4, 0.5) is 0 Å². The number of carbonyl (C=O) groups excluding carboxylic acids is 1. The molecule has 0 saturated heterocycles. The average molecular weight is 317 g/mol. The van der Waals surface area contributed by atoms with Crippen LogP contribution in [0.1, 0.15) is 34.0 Å². The zero-order valence-electron chi connectivity index (χ0n) is 13.5. The Kier molecular flexibility index (Phi) is 3.65. The van der Waals surface area contributed by atoms with Gasteiger partial charge in [-0.05, 0) is 25.0 Å². The maximum atomic E-state index is 12.4. The summed E-state index contributed by atoms with van der Waals surface area (Å²) in [7, 11) is 0. The van der Waals surface area contributed by atoms with E-state index in [1.165, 1.54) is 11.1 Å².